The Hall–Kier alpha value is -2.88. The average molecular weight is 475 g/mol. The minimum absolute atomic E-state index is 0.234. The first kappa shape index (κ1) is 22.3. The van der Waals surface area contributed by atoms with Crippen molar-refractivity contribution in [3.05, 3.63) is 65.9 Å². The van der Waals surface area contributed by atoms with Crippen molar-refractivity contribution in [1.82, 2.24) is 14.3 Å². The Bertz CT molecular complexity index is 1190. The van der Waals surface area contributed by atoms with E-state index in [9.17, 15) is 8.42 Å². The second-order valence-corrected chi connectivity index (χ2v) is 9.69. The zero-order chi connectivity index (χ0) is 22.7. The van der Waals surface area contributed by atoms with Crippen molar-refractivity contribution >= 4 is 27.4 Å². The van der Waals surface area contributed by atoms with Gasteiger partial charge in [-0.15, -0.1) is 0 Å². The van der Waals surface area contributed by atoms with Gasteiger partial charge in [0.25, 0.3) is 0 Å². The number of benzene rings is 2. The third-order valence-electron chi connectivity index (χ3n) is 5.20. The molecule has 2 heterocycles. The van der Waals surface area contributed by atoms with Gasteiger partial charge in [0.2, 0.25) is 15.9 Å². The molecule has 0 N–H and O–H groups in total. The molecule has 0 radical (unpaired) electrons. The Labute approximate surface area is 192 Å². The second-order valence-electron chi connectivity index (χ2n) is 7.36. The van der Waals surface area contributed by atoms with E-state index in [0.29, 0.717) is 47.9 Å². The lowest BCUT2D eigenvalue weighted by atomic mass is 10.2. The van der Waals surface area contributed by atoms with Crippen molar-refractivity contribution in [3.8, 4) is 17.4 Å². The highest BCUT2D eigenvalue weighted by Crippen LogP contribution is 2.28. The predicted molar refractivity (Wildman–Crippen MR) is 122 cm³/mol. The molecule has 0 spiro atoms. The molecule has 1 aliphatic heterocycles. The minimum Gasteiger partial charge on any atom is -0.497 e. The lowest BCUT2D eigenvalue weighted by Gasteiger charge is -2.39. The molecule has 0 bridgehead atoms. The summed E-state index contributed by atoms with van der Waals surface area (Å²) < 4.78 is 38.7. The fraction of sp³-hybridized carbons (Fsp3) is 0.273. The van der Waals surface area contributed by atoms with Crippen molar-refractivity contribution in [2.24, 2.45) is 0 Å². The summed E-state index contributed by atoms with van der Waals surface area (Å²) in [7, 11) is -2.02. The Morgan fingerprint density at radius 3 is 2.50 bits per heavy atom. The van der Waals surface area contributed by atoms with Gasteiger partial charge in [0.05, 0.1) is 12.0 Å². The van der Waals surface area contributed by atoms with Gasteiger partial charge < -0.3 is 14.4 Å². The highest BCUT2D eigenvalue weighted by Gasteiger charge is 2.34. The quantitative estimate of drug-likeness (QED) is 0.536. The normalized spacial score (nSPS) is 17.2. The fourth-order valence-corrected chi connectivity index (χ4v) is 5.33. The van der Waals surface area contributed by atoms with Gasteiger partial charge in [-0.2, -0.15) is 4.31 Å². The number of halogens is 1. The van der Waals surface area contributed by atoms with Gasteiger partial charge in [0.15, 0.2) is 0 Å². The molecule has 2 aromatic carbocycles. The Morgan fingerprint density at radius 1 is 1.03 bits per heavy atom. The summed E-state index contributed by atoms with van der Waals surface area (Å²) in [6.45, 7) is 3.20. The van der Waals surface area contributed by atoms with Crippen molar-refractivity contribution in [1.29, 1.82) is 0 Å². The molecule has 4 rings (SSSR count). The van der Waals surface area contributed by atoms with Crippen LogP contribution in [-0.2, 0) is 10.0 Å². The largest absolute Gasteiger partial charge is 0.497 e. The molecule has 0 aliphatic carbocycles. The van der Waals surface area contributed by atoms with Crippen LogP contribution in [-0.4, -0.2) is 55.5 Å². The summed E-state index contributed by atoms with van der Waals surface area (Å²) in [5.41, 5.74) is 0. The molecule has 3 aromatic rings. The lowest BCUT2D eigenvalue weighted by Crippen LogP contribution is -2.54. The van der Waals surface area contributed by atoms with Crippen LogP contribution >= 0.6 is 11.6 Å². The molecule has 168 valence electrons. The molecule has 1 aromatic heterocycles. The highest BCUT2D eigenvalue weighted by atomic mass is 35.5. The van der Waals surface area contributed by atoms with E-state index in [1.165, 1.54) is 22.8 Å². The van der Waals surface area contributed by atoms with E-state index in [1.807, 2.05) is 30.0 Å². The third kappa shape index (κ3) is 4.79. The first-order chi connectivity index (χ1) is 15.4. The highest BCUT2D eigenvalue weighted by molar-refractivity contribution is 7.89. The van der Waals surface area contributed by atoms with E-state index in [2.05, 4.69) is 9.97 Å². The number of nitrogens with zero attached hydrogens (tertiary/aromatic N) is 4. The van der Waals surface area contributed by atoms with Gasteiger partial charge in [-0.1, -0.05) is 17.7 Å². The third-order valence-corrected chi connectivity index (χ3v) is 7.48. The molecule has 1 atom stereocenters. The van der Waals surface area contributed by atoms with E-state index < -0.39 is 10.0 Å². The van der Waals surface area contributed by atoms with Crippen LogP contribution in [0.2, 0.25) is 5.02 Å². The van der Waals surface area contributed by atoms with Crippen molar-refractivity contribution in [2.75, 3.05) is 31.6 Å². The van der Waals surface area contributed by atoms with Crippen molar-refractivity contribution in [2.45, 2.75) is 17.9 Å². The number of ether oxygens (including phenoxy) is 2. The van der Waals surface area contributed by atoms with Crippen molar-refractivity contribution in [3.63, 3.8) is 0 Å². The summed E-state index contributed by atoms with van der Waals surface area (Å²) in [5.74, 6) is 2.35. The number of aromatic nitrogens is 2. The van der Waals surface area contributed by atoms with Gasteiger partial charge in [-0.25, -0.2) is 18.4 Å². The van der Waals surface area contributed by atoms with E-state index in [1.54, 1.807) is 31.4 Å². The van der Waals surface area contributed by atoms with E-state index in [0.717, 1.165) is 0 Å². The molecular formula is C22H23ClN4O4S. The SMILES string of the molecule is COc1cccc(Oc2cc(N3CCN(S(=O)(=O)c4ccc(Cl)cc4)C(C)C3)ncn2)c1. The summed E-state index contributed by atoms with van der Waals surface area (Å²) in [6.07, 6.45) is 1.44. The minimum atomic E-state index is -3.61. The molecule has 0 amide bonds. The number of methoxy groups -OCH3 is 1. The van der Waals surface area contributed by atoms with E-state index in [-0.39, 0.29) is 10.9 Å². The van der Waals surface area contributed by atoms with E-state index >= 15 is 0 Å². The van der Waals surface area contributed by atoms with Crippen LogP contribution in [0.15, 0.2) is 65.8 Å². The molecule has 1 unspecified atom stereocenters. The molecule has 8 nitrogen and oxygen atoms in total. The average Bonchev–Trinajstić information content (AvgIpc) is 2.79. The molecule has 1 fully saturated rings. The van der Waals surface area contributed by atoms with Gasteiger partial charge in [0.1, 0.15) is 23.6 Å². The standard InChI is InChI=1S/C22H23ClN4O4S/c1-16-14-26(10-11-27(16)32(28,29)20-8-6-17(23)7-9-20)21-13-22(25-15-24-21)31-19-5-3-4-18(12-19)30-2/h3-9,12-13,15-16H,10-11,14H2,1-2H3. The monoisotopic (exact) mass is 474 g/mol. The molecule has 1 saturated heterocycles. The number of hydrogen-bond acceptors (Lipinski definition) is 7. The van der Waals surface area contributed by atoms with Crippen LogP contribution in [0, 0.1) is 0 Å². The molecular weight excluding hydrogens is 452 g/mol. The van der Waals surface area contributed by atoms with Crippen LogP contribution in [0.5, 0.6) is 17.4 Å². The van der Waals surface area contributed by atoms with Gasteiger partial charge >= 0.3 is 0 Å². The number of hydrogen-bond donors (Lipinski definition) is 0. The lowest BCUT2D eigenvalue weighted by molar-refractivity contribution is 0.305. The second kappa shape index (κ2) is 9.32. The van der Waals surface area contributed by atoms with Crippen LogP contribution < -0.4 is 14.4 Å². The Kier molecular flexibility index (Phi) is 6.50. The zero-order valence-electron chi connectivity index (χ0n) is 17.7. The molecule has 32 heavy (non-hydrogen) atoms. The van der Waals surface area contributed by atoms with Crippen LogP contribution in [0.4, 0.5) is 5.82 Å². The van der Waals surface area contributed by atoms with Gasteiger partial charge in [0, 0.05) is 42.8 Å². The molecule has 1 aliphatic rings. The first-order valence-corrected chi connectivity index (χ1v) is 11.8. The van der Waals surface area contributed by atoms with Crippen molar-refractivity contribution < 1.29 is 17.9 Å². The maximum atomic E-state index is 13.1. The molecule has 10 heteroatoms. The topological polar surface area (TPSA) is 84.9 Å². The maximum absolute atomic E-state index is 13.1. The Morgan fingerprint density at radius 2 is 1.78 bits per heavy atom. The fourth-order valence-electron chi connectivity index (χ4n) is 3.59. The number of rotatable bonds is 6. The number of sulfonamides is 1. The van der Waals surface area contributed by atoms with Gasteiger partial charge in [-0.05, 0) is 43.3 Å². The summed E-state index contributed by atoms with van der Waals surface area (Å²) in [4.78, 5) is 10.8. The summed E-state index contributed by atoms with van der Waals surface area (Å²) in [6, 6.07) is 15.0. The van der Waals surface area contributed by atoms with Crippen LogP contribution in [0.1, 0.15) is 6.92 Å². The predicted octanol–water partition coefficient (Wildman–Crippen LogP) is 3.83. The summed E-state index contributed by atoms with van der Waals surface area (Å²) >= 11 is 5.90. The first-order valence-electron chi connectivity index (χ1n) is 10.0. The molecule has 0 saturated carbocycles. The van der Waals surface area contributed by atoms with E-state index in [4.69, 9.17) is 21.1 Å². The zero-order valence-corrected chi connectivity index (χ0v) is 19.3. The smallest absolute Gasteiger partial charge is 0.243 e. The van der Waals surface area contributed by atoms with Gasteiger partial charge in [-0.3, -0.25) is 0 Å². The number of piperazine rings is 1. The van der Waals surface area contributed by atoms with Crippen LogP contribution in [0.25, 0.3) is 0 Å². The maximum Gasteiger partial charge on any atom is 0.243 e. The number of anilines is 1. The summed E-state index contributed by atoms with van der Waals surface area (Å²) in [5, 5.41) is 0.498. The Balaban J connectivity index is 1.47. The van der Waals surface area contributed by atoms with Crippen LogP contribution in [0.3, 0.4) is 0 Å².